The van der Waals surface area contributed by atoms with Crippen molar-refractivity contribution in [2.24, 2.45) is 5.92 Å². The summed E-state index contributed by atoms with van der Waals surface area (Å²) in [6.07, 6.45) is 1.35. The van der Waals surface area contributed by atoms with Crippen LogP contribution in [-0.4, -0.2) is 67.5 Å². The van der Waals surface area contributed by atoms with Crippen molar-refractivity contribution >= 4 is 23.8 Å². The fourth-order valence-electron chi connectivity index (χ4n) is 4.05. The summed E-state index contributed by atoms with van der Waals surface area (Å²) in [5, 5.41) is 2.77. The predicted molar refractivity (Wildman–Crippen MR) is 107 cm³/mol. The molecule has 0 spiro atoms. The third kappa shape index (κ3) is 3.83. The minimum atomic E-state index is -1.21. The second-order valence-electron chi connectivity index (χ2n) is 7.49. The number of carbonyl (C=O) groups is 4. The Morgan fingerprint density at radius 3 is 2.30 bits per heavy atom. The second-order valence-corrected chi connectivity index (χ2v) is 7.49. The van der Waals surface area contributed by atoms with Gasteiger partial charge < -0.3 is 19.7 Å². The van der Waals surface area contributed by atoms with E-state index in [4.69, 9.17) is 9.47 Å². The van der Waals surface area contributed by atoms with Crippen LogP contribution in [0.1, 0.15) is 31.7 Å². The van der Waals surface area contributed by atoms with E-state index in [1.807, 2.05) is 6.92 Å². The summed E-state index contributed by atoms with van der Waals surface area (Å²) >= 11 is 0. The fraction of sp³-hybridized carbons (Fsp3) is 0.524. The van der Waals surface area contributed by atoms with Gasteiger partial charge >= 0.3 is 12.0 Å². The molecule has 0 aliphatic carbocycles. The number of hydrogen-bond acceptors (Lipinski definition) is 6. The molecule has 162 valence electrons. The molecule has 2 heterocycles. The first kappa shape index (κ1) is 21.6. The zero-order chi connectivity index (χ0) is 21.9. The molecule has 9 nitrogen and oxygen atoms in total. The molecule has 0 radical (unpaired) electrons. The Morgan fingerprint density at radius 2 is 1.77 bits per heavy atom. The summed E-state index contributed by atoms with van der Waals surface area (Å²) in [5.74, 6) is -0.618. The lowest BCUT2D eigenvalue weighted by atomic mass is 9.87. The van der Waals surface area contributed by atoms with Gasteiger partial charge in [-0.2, -0.15) is 0 Å². The molecule has 0 bridgehead atoms. The Kier molecular flexibility index (Phi) is 6.28. The molecule has 30 heavy (non-hydrogen) atoms. The van der Waals surface area contributed by atoms with Crippen molar-refractivity contribution in [3.8, 4) is 5.75 Å². The van der Waals surface area contributed by atoms with E-state index in [2.05, 4.69) is 5.32 Å². The summed E-state index contributed by atoms with van der Waals surface area (Å²) in [6.45, 7) is 2.26. The summed E-state index contributed by atoms with van der Waals surface area (Å²) in [7, 11) is 2.90. The summed E-state index contributed by atoms with van der Waals surface area (Å²) in [5.41, 5.74) is -0.570. The van der Waals surface area contributed by atoms with Gasteiger partial charge in [-0.25, -0.2) is 4.79 Å². The van der Waals surface area contributed by atoms with Crippen molar-refractivity contribution in [1.29, 1.82) is 0 Å². The molecule has 0 unspecified atom stereocenters. The van der Waals surface area contributed by atoms with Gasteiger partial charge in [-0.1, -0.05) is 19.1 Å². The lowest BCUT2D eigenvalue weighted by Gasteiger charge is -2.31. The number of piperidine rings is 1. The van der Waals surface area contributed by atoms with Crippen LogP contribution in [0, 0.1) is 5.92 Å². The van der Waals surface area contributed by atoms with Crippen LogP contribution in [0.5, 0.6) is 5.75 Å². The van der Waals surface area contributed by atoms with E-state index in [1.165, 1.54) is 7.11 Å². The molecule has 0 saturated carbocycles. The molecule has 2 fully saturated rings. The molecule has 4 amide bonds. The number of benzene rings is 1. The smallest absolute Gasteiger partial charge is 0.325 e. The van der Waals surface area contributed by atoms with Gasteiger partial charge in [0.05, 0.1) is 20.1 Å². The topological polar surface area (TPSA) is 105 Å². The molecule has 9 heteroatoms. The van der Waals surface area contributed by atoms with Gasteiger partial charge in [0, 0.05) is 13.1 Å². The Hall–Kier alpha value is -3.10. The second kappa shape index (κ2) is 8.73. The molecular formula is C21H27N3O6. The fourth-order valence-corrected chi connectivity index (χ4v) is 4.05. The molecule has 0 aromatic heterocycles. The monoisotopic (exact) mass is 417 g/mol. The maximum Gasteiger partial charge on any atom is 0.325 e. The first-order valence-electron chi connectivity index (χ1n) is 10.0. The number of carbonyl (C=O) groups excluding carboxylic acids is 4. The number of methoxy groups -OCH3 is 2. The van der Waals surface area contributed by atoms with Crippen molar-refractivity contribution in [1.82, 2.24) is 15.1 Å². The van der Waals surface area contributed by atoms with Crippen LogP contribution in [0.3, 0.4) is 0 Å². The lowest BCUT2D eigenvalue weighted by molar-refractivity contribution is -0.149. The highest BCUT2D eigenvalue weighted by molar-refractivity contribution is 6.09. The number of esters is 1. The van der Waals surface area contributed by atoms with Gasteiger partial charge in [0.25, 0.3) is 5.91 Å². The van der Waals surface area contributed by atoms with Crippen molar-refractivity contribution in [2.75, 3.05) is 33.9 Å². The molecule has 3 rings (SSSR count). The van der Waals surface area contributed by atoms with E-state index in [0.29, 0.717) is 43.7 Å². The first-order chi connectivity index (χ1) is 14.4. The molecule has 1 N–H and O–H groups in total. The number of urea groups is 1. The summed E-state index contributed by atoms with van der Waals surface area (Å²) < 4.78 is 9.91. The number of rotatable bonds is 6. The molecule has 1 atom stereocenters. The Morgan fingerprint density at radius 1 is 1.13 bits per heavy atom. The van der Waals surface area contributed by atoms with E-state index in [0.717, 1.165) is 4.90 Å². The minimum Gasteiger partial charge on any atom is -0.497 e. The van der Waals surface area contributed by atoms with Crippen molar-refractivity contribution in [3.05, 3.63) is 29.8 Å². The quantitative estimate of drug-likeness (QED) is 0.552. The average Bonchev–Trinajstić information content (AvgIpc) is 3.03. The number of amides is 4. The summed E-state index contributed by atoms with van der Waals surface area (Å²) in [4.78, 5) is 52.7. The Bertz CT molecular complexity index is 832. The van der Waals surface area contributed by atoms with Gasteiger partial charge in [0.2, 0.25) is 5.91 Å². The molecule has 2 saturated heterocycles. The zero-order valence-electron chi connectivity index (χ0n) is 17.5. The van der Waals surface area contributed by atoms with Crippen LogP contribution in [0.4, 0.5) is 4.79 Å². The SMILES string of the molecule is CC[C@]1(c2ccc(OC)cc2)NC(=O)N(CC(=O)N2CCC(C(=O)OC)CC2)C1=O. The van der Waals surface area contributed by atoms with E-state index < -0.39 is 17.5 Å². The van der Waals surface area contributed by atoms with Crippen molar-refractivity contribution in [2.45, 2.75) is 31.7 Å². The average molecular weight is 417 g/mol. The van der Waals surface area contributed by atoms with Gasteiger partial charge in [-0.15, -0.1) is 0 Å². The number of hydrogen-bond donors (Lipinski definition) is 1. The zero-order valence-corrected chi connectivity index (χ0v) is 17.5. The number of nitrogens with zero attached hydrogens (tertiary/aromatic N) is 2. The maximum absolute atomic E-state index is 13.2. The highest BCUT2D eigenvalue weighted by Crippen LogP contribution is 2.33. The minimum absolute atomic E-state index is 0.224. The van der Waals surface area contributed by atoms with Gasteiger partial charge in [-0.05, 0) is 37.0 Å². The van der Waals surface area contributed by atoms with Crippen LogP contribution in [0.15, 0.2) is 24.3 Å². The number of imide groups is 1. The van der Waals surface area contributed by atoms with E-state index in [1.54, 1.807) is 36.3 Å². The summed E-state index contributed by atoms with van der Waals surface area (Å²) in [6, 6.07) is 6.35. The van der Waals surface area contributed by atoms with Crippen LogP contribution in [0.25, 0.3) is 0 Å². The number of ether oxygens (including phenoxy) is 2. The third-order valence-electron chi connectivity index (χ3n) is 5.96. The van der Waals surface area contributed by atoms with Crippen molar-refractivity contribution in [3.63, 3.8) is 0 Å². The molecule has 1 aromatic carbocycles. The molecular weight excluding hydrogens is 390 g/mol. The van der Waals surface area contributed by atoms with Gasteiger partial charge in [0.15, 0.2) is 0 Å². The molecule has 2 aliphatic rings. The standard InChI is InChI=1S/C21H27N3O6/c1-4-21(15-5-7-16(29-2)8-6-15)19(27)24(20(28)22-21)13-17(25)23-11-9-14(10-12-23)18(26)30-3/h5-8,14H,4,9-13H2,1-3H3,(H,22,28)/t21-/m1/s1. The van der Waals surface area contributed by atoms with Crippen LogP contribution >= 0.6 is 0 Å². The van der Waals surface area contributed by atoms with Gasteiger partial charge in [-0.3, -0.25) is 19.3 Å². The van der Waals surface area contributed by atoms with Crippen LogP contribution in [0.2, 0.25) is 0 Å². The lowest BCUT2D eigenvalue weighted by Crippen LogP contribution is -2.47. The molecule has 1 aromatic rings. The number of likely N-dealkylation sites (tertiary alicyclic amines) is 1. The third-order valence-corrected chi connectivity index (χ3v) is 5.96. The Balaban J connectivity index is 1.70. The normalized spacial score (nSPS) is 22.1. The van der Waals surface area contributed by atoms with Gasteiger partial charge in [0.1, 0.15) is 17.8 Å². The maximum atomic E-state index is 13.2. The van der Waals surface area contributed by atoms with E-state index >= 15 is 0 Å². The highest BCUT2D eigenvalue weighted by Gasteiger charge is 2.52. The van der Waals surface area contributed by atoms with Crippen LogP contribution in [-0.2, 0) is 24.7 Å². The van der Waals surface area contributed by atoms with E-state index in [9.17, 15) is 19.2 Å². The van der Waals surface area contributed by atoms with E-state index in [-0.39, 0.29) is 24.3 Å². The predicted octanol–water partition coefficient (Wildman–Crippen LogP) is 1.26. The van der Waals surface area contributed by atoms with Crippen LogP contribution < -0.4 is 10.1 Å². The highest BCUT2D eigenvalue weighted by atomic mass is 16.5. The first-order valence-corrected chi connectivity index (χ1v) is 10.0. The molecule has 2 aliphatic heterocycles. The van der Waals surface area contributed by atoms with Crippen molar-refractivity contribution < 1.29 is 28.7 Å². The number of nitrogens with one attached hydrogen (secondary N) is 1. The Labute approximate surface area is 175 Å². The largest absolute Gasteiger partial charge is 0.497 e.